The van der Waals surface area contributed by atoms with Crippen molar-refractivity contribution in [1.82, 2.24) is 9.97 Å². The molecule has 0 aliphatic heterocycles. The van der Waals surface area contributed by atoms with Gasteiger partial charge in [-0.3, -0.25) is 9.78 Å². The third-order valence-corrected chi connectivity index (χ3v) is 2.68. The molecular formula is C13H15N5O. The molecule has 0 aliphatic rings. The SMILES string of the molecule is CN(Cc1ccncc1)c1ncc(N)cc1C(N)=O. The number of carbonyl (C=O) groups is 1. The minimum absolute atomic E-state index is 0.316. The Kier molecular flexibility index (Phi) is 3.61. The van der Waals surface area contributed by atoms with Gasteiger partial charge < -0.3 is 16.4 Å². The average molecular weight is 257 g/mol. The van der Waals surface area contributed by atoms with Crippen LogP contribution in [0.15, 0.2) is 36.8 Å². The number of rotatable bonds is 4. The third-order valence-electron chi connectivity index (χ3n) is 2.68. The predicted molar refractivity (Wildman–Crippen MR) is 73.5 cm³/mol. The molecule has 0 bridgehead atoms. The Morgan fingerprint density at radius 2 is 2.05 bits per heavy atom. The highest BCUT2D eigenvalue weighted by Gasteiger charge is 2.14. The number of nitrogens with zero attached hydrogens (tertiary/aromatic N) is 3. The first kappa shape index (κ1) is 12.8. The number of anilines is 2. The Labute approximate surface area is 111 Å². The van der Waals surface area contributed by atoms with Crippen molar-refractivity contribution in [3.63, 3.8) is 0 Å². The van der Waals surface area contributed by atoms with Crippen LogP contribution in [-0.2, 0) is 6.54 Å². The molecule has 2 aromatic heterocycles. The molecule has 6 heteroatoms. The smallest absolute Gasteiger partial charge is 0.252 e. The normalized spacial score (nSPS) is 10.2. The van der Waals surface area contributed by atoms with Crippen LogP contribution in [0.25, 0.3) is 0 Å². The first-order valence-corrected chi connectivity index (χ1v) is 5.73. The van der Waals surface area contributed by atoms with Crippen LogP contribution in [0.1, 0.15) is 15.9 Å². The van der Waals surface area contributed by atoms with Crippen molar-refractivity contribution in [2.45, 2.75) is 6.54 Å². The monoisotopic (exact) mass is 257 g/mol. The summed E-state index contributed by atoms with van der Waals surface area (Å²) >= 11 is 0. The van der Waals surface area contributed by atoms with E-state index < -0.39 is 5.91 Å². The van der Waals surface area contributed by atoms with Crippen molar-refractivity contribution in [2.24, 2.45) is 5.73 Å². The molecule has 98 valence electrons. The predicted octanol–water partition coefficient (Wildman–Crippen LogP) is 0.794. The Balaban J connectivity index is 2.28. The molecule has 6 nitrogen and oxygen atoms in total. The van der Waals surface area contributed by atoms with Crippen LogP contribution in [0.4, 0.5) is 11.5 Å². The number of pyridine rings is 2. The second kappa shape index (κ2) is 5.34. The number of amides is 1. The Morgan fingerprint density at radius 1 is 1.37 bits per heavy atom. The van der Waals surface area contributed by atoms with E-state index in [1.807, 2.05) is 24.1 Å². The fourth-order valence-electron chi connectivity index (χ4n) is 1.80. The zero-order valence-electron chi connectivity index (χ0n) is 10.6. The Morgan fingerprint density at radius 3 is 2.68 bits per heavy atom. The molecule has 0 saturated heterocycles. The van der Waals surface area contributed by atoms with E-state index in [4.69, 9.17) is 11.5 Å². The number of carbonyl (C=O) groups excluding carboxylic acids is 1. The van der Waals surface area contributed by atoms with Gasteiger partial charge in [0.05, 0.1) is 17.4 Å². The molecule has 1 amide bonds. The molecule has 0 saturated carbocycles. The van der Waals surface area contributed by atoms with E-state index >= 15 is 0 Å². The molecule has 0 aromatic carbocycles. The first-order chi connectivity index (χ1) is 9.08. The summed E-state index contributed by atoms with van der Waals surface area (Å²) in [7, 11) is 1.84. The van der Waals surface area contributed by atoms with Crippen molar-refractivity contribution in [1.29, 1.82) is 0 Å². The van der Waals surface area contributed by atoms with Crippen LogP contribution < -0.4 is 16.4 Å². The van der Waals surface area contributed by atoms with Gasteiger partial charge >= 0.3 is 0 Å². The molecule has 0 fully saturated rings. The van der Waals surface area contributed by atoms with Gasteiger partial charge in [0.25, 0.3) is 5.91 Å². The van der Waals surface area contributed by atoms with Gasteiger partial charge in [-0.2, -0.15) is 0 Å². The van der Waals surface area contributed by atoms with Gasteiger partial charge in [0, 0.05) is 26.0 Å². The topological polar surface area (TPSA) is 98.1 Å². The second-order valence-electron chi connectivity index (χ2n) is 4.22. The summed E-state index contributed by atoms with van der Waals surface area (Å²) in [6, 6.07) is 5.34. The van der Waals surface area contributed by atoms with E-state index in [0.717, 1.165) is 5.56 Å². The van der Waals surface area contributed by atoms with Crippen LogP contribution in [-0.4, -0.2) is 22.9 Å². The number of hydrogen-bond donors (Lipinski definition) is 2. The van der Waals surface area contributed by atoms with Gasteiger partial charge in [-0.1, -0.05) is 0 Å². The third kappa shape index (κ3) is 2.98. The number of primary amides is 1. The molecule has 0 spiro atoms. The van der Waals surface area contributed by atoms with E-state index in [0.29, 0.717) is 23.6 Å². The summed E-state index contributed by atoms with van der Waals surface area (Å²) in [5.74, 6) is -0.0325. The molecule has 0 atom stereocenters. The van der Waals surface area contributed by atoms with Gasteiger partial charge in [0.1, 0.15) is 5.82 Å². The molecule has 2 heterocycles. The van der Waals surface area contributed by atoms with Gasteiger partial charge in [-0.15, -0.1) is 0 Å². The maximum Gasteiger partial charge on any atom is 0.252 e. The largest absolute Gasteiger partial charge is 0.397 e. The fourth-order valence-corrected chi connectivity index (χ4v) is 1.80. The van der Waals surface area contributed by atoms with Gasteiger partial charge in [-0.25, -0.2) is 4.98 Å². The minimum Gasteiger partial charge on any atom is -0.397 e. The van der Waals surface area contributed by atoms with Gasteiger partial charge in [-0.05, 0) is 23.8 Å². The fraction of sp³-hybridized carbons (Fsp3) is 0.154. The number of aromatic nitrogens is 2. The van der Waals surface area contributed by atoms with Gasteiger partial charge in [0.2, 0.25) is 0 Å². The zero-order chi connectivity index (χ0) is 13.8. The van der Waals surface area contributed by atoms with Crippen molar-refractivity contribution in [3.05, 3.63) is 47.9 Å². The van der Waals surface area contributed by atoms with E-state index in [2.05, 4.69) is 9.97 Å². The van der Waals surface area contributed by atoms with Gasteiger partial charge in [0.15, 0.2) is 0 Å². The van der Waals surface area contributed by atoms with E-state index in [1.165, 1.54) is 12.3 Å². The summed E-state index contributed by atoms with van der Waals surface area (Å²) in [6.07, 6.45) is 4.94. The quantitative estimate of drug-likeness (QED) is 0.844. The maximum absolute atomic E-state index is 11.4. The highest BCUT2D eigenvalue weighted by Crippen LogP contribution is 2.20. The average Bonchev–Trinajstić information content (AvgIpc) is 2.39. The summed E-state index contributed by atoms with van der Waals surface area (Å²) < 4.78 is 0. The lowest BCUT2D eigenvalue weighted by atomic mass is 10.2. The molecule has 2 rings (SSSR count). The van der Waals surface area contributed by atoms with Crippen LogP contribution >= 0.6 is 0 Å². The molecule has 0 aliphatic carbocycles. The highest BCUT2D eigenvalue weighted by molar-refractivity contribution is 5.98. The molecule has 0 radical (unpaired) electrons. The number of hydrogen-bond acceptors (Lipinski definition) is 5. The molecule has 0 unspecified atom stereocenters. The van der Waals surface area contributed by atoms with Crippen molar-refractivity contribution in [2.75, 3.05) is 17.7 Å². The van der Waals surface area contributed by atoms with E-state index in [1.54, 1.807) is 12.4 Å². The summed E-state index contributed by atoms with van der Waals surface area (Å²) in [5.41, 5.74) is 12.8. The second-order valence-corrected chi connectivity index (χ2v) is 4.22. The lowest BCUT2D eigenvalue weighted by Crippen LogP contribution is -2.23. The molecular weight excluding hydrogens is 242 g/mol. The zero-order valence-corrected chi connectivity index (χ0v) is 10.6. The van der Waals surface area contributed by atoms with Crippen molar-refractivity contribution >= 4 is 17.4 Å². The minimum atomic E-state index is -0.545. The first-order valence-electron chi connectivity index (χ1n) is 5.73. The highest BCUT2D eigenvalue weighted by atomic mass is 16.1. The van der Waals surface area contributed by atoms with Crippen LogP contribution in [0.3, 0.4) is 0 Å². The Bertz CT molecular complexity index is 585. The maximum atomic E-state index is 11.4. The molecule has 19 heavy (non-hydrogen) atoms. The summed E-state index contributed by atoms with van der Waals surface area (Å²) in [5, 5.41) is 0. The Hall–Kier alpha value is -2.63. The lowest BCUT2D eigenvalue weighted by molar-refractivity contribution is 0.100. The van der Waals surface area contributed by atoms with E-state index in [9.17, 15) is 4.79 Å². The lowest BCUT2D eigenvalue weighted by Gasteiger charge is -2.20. The molecule has 4 N–H and O–H groups in total. The van der Waals surface area contributed by atoms with Crippen LogP contribution in [0, 0.1) is 0 Å². The van der Waals surface area contributed by atoms with E-state index in [-0.39, 0.29) is 0 Å². The summed E-state index contributed by atoms with van der Waals surface area (Å²) in [4.78, 5) is 21.4. The standard InChI is InChI=1S/C13H15N5O/c1-18(8-9-2-4-16-5-3-9)13-11(12(15)19)6-10(14)7-17-13/h2-7H,8,14H2,1H3,(H2,15,19). The number of nitrogen functional groups attached to an aromatic ring is 1. The van der Waals surface area contributed by atoms with Crippen molar-refractivity contribution < 1.29 is 4.79 Å². The summed E-state index contributed by atoms with van der Waals surface area (Å²) in [6.45, 7) is 0.597. The van der Waals surface area contributed by atoms with Crippen LogP contribution in [0.2, 0.25) is 0 Å². The number of nitrogens with two attached hydrogens (primary N) is 2. The molecule has 2 aromatic rings. The van der Waals surface area contributed by atoms with Crippen molar-refractivity contribution in [3.8, 4) is 0 Å². The van der Waals surface area contributed by atoms with Crippen LogP contribution in [0.5, 0.6) is 0 Å².